The first-order chi connectivity index (χ1) is 17.8. The Labute approximate surface area is 222 Å². The highest BCUT2D eigenvalue weighted by Crippen LogP contribution is 2.21. The minimum atomic E-state index is -0.292. The number of hydrogen-bond acceptors (Lipinski definition) is 7. The van der Waals surface area contributed by atoms with Crippen molar-refractivity contribution < 1.29 is 9.59 Å². The van der Waals surface area contributed by atoms with Gasteiger partial charge in [-0.15, -0.1) is 16.4 Å². The van der Waals surface area contributed by atoms with E-state index in [1.807, 2.05) is 19.0 Å². The number of carbonyl (C=O) groups excluding carboxylic acids is 2. The first kappa shape index (κ1) is 26.3. The largest absolute Gasteiger partial charge is 0.352 e. The van der Waals surface area contributed by atoms with Crippen molar-refractivity contribution in [3.63, 3.8) is 0 Å². The Kier molecular flexibility index (Phi) is 8.49. The van der Waals surface area contributed by atoms with E-state index in [1.165, 1.54) is 26.7 Å². The van der Waals surface area contributed by atoms with Crippen molar-refractivity contribution in [3.05, 3.63) is 91.7 Å². The molecule has 2 amide bonds. The lowest BCUT2D eigenvalue weighted by Crippen LogP contribution is -2.28. The number of aromatic nitrogens is 4. The number of carbonyl (C=O) groups is 2. The van der Waals surface area contributed by atoms with E-state index in [0.29, 0.717) is 38.4 Å². The number of amides is 2. The minimum absolute atomic E-state index is 0.151. The summed E-state index contributed by atoms with van der Waals surface area (Å²) < 4.78 is 3.48. The van der Waals surface area contributed by atoms with Crippen LogP contribution in [0.4, 0.5) is 0 Å². The zero-order valence-corrected chi connectivity index (χ0v) is 21.9. The fraction of sp³-hybridized carbons (Fsp3) is 0.240. The maximum absolute atomic E-state index is 13.2. The van der Waals surface area contributed by atoms with E-state index < -0.39 is 0 Å². The maximum Gasteiger partial charge on any atom is 0.261 e. The first-order valence-corrected chi connectivity index (χ1v) is 12.7. The summed E-state index contributed by atoms with van der Waals surface area (Å²) in [4.78, 5) is 40.4. The van der Waals surface area contributed by atoms with E-state index in [-0.39, 0.29) is 23.9 Å². The number of benzene rings is 1. The number of rotatable bonds is 10. The molecule has 0 radical (unpaired) electrons. The SMILES string of the molecule is CN(C)CCCNC(=O)c1cc(-n2ccccc2=O)ccc1-n1cc(CNC(=O)c2ccc(Cl)s2)nn1. The van der Waals surface area contributed by atoms with Crippen molar-refractivity contribution in [2.24, 2.45) is 0 Å². The predicted molar refractivity (Wildman–Crippen MR) is 143 cm³/mol. The van der Waals surface area contributed by atoms with Gasteiger partial charge in [0.15, 0.2) is 0 Å². The summed E-state index contributed by atoms with van der Waals surface area (Å²) >= 11 is 7.09. The van der Waals surface area contributed by atoms with E-state index in [4.69, 9.17) is 11.6 Å². The summed E-state index contributed by atoms with van der Waals surface area (Å²) in [7, 11) is 3.95. The number of pyridine rings is 1. The molecule has 0 spiro atoms. The van der Waals surface area contributed by atoms with Crippen molar-refractivity contribution >= 4 is 34.8 Å². The highest BCUT2D eigenvalue weighted by molar-refractivity contribution is 7.17. The normalized spacial score (nSPS) is 11.0. The highest BCUT2D eigenvalue weighted by Gasteiger charge is 2.17. The molecule has 0 aliphatic heterocycles. The molecule has 0 aliphatic carbocycles. The van der Waals surface area contributed by atoms with Gasteiger partial charge in [-0.05, 0) is 63.5 Å². The van der Waals surface area contributed by atoms with Crippen molar-refractivity contribution in [1.29, 1.82) is 0 Å². The molecule has 4 aromatic rings. The number of thiophene rings is 1. The number of nitrogens with one attached hydrogen (secondary N) is 2. The molecule has 0 aliphatic rings. The molecular formula is C25H26ClN7O3S. The van der Waals surface area contributed by atoms with Gasteiger partial charge in [0, 0.05) is 24.5 Å². The van der Waals surface area contributed by atoms with Crippen LogP contribution in [0.3, 0.4) is 0 Å². The Hall–Kier alpha value is -3.80. The van der Waals surface area contributed by atoms with E-state index >= 15 is 0 Å². The molecule has 37 heavy (non-hydrogen) atoms. The quantitative estimate of drug-likeness (QED) is 0.300. The van der Waals surface area contributed by atoms with Crippen LogP contribution in [0, 0.1) is 0 Å². The molecule has 0 unspecified atom stereocenters. The van der Waals surface area contributed by atoms with Crippen LogP contribution in [0.5, 0.6) is 0 Å². The van der Waals surface area contributed by atoms with Crippen LogP contribution in [-0.4, -0.2) is 63.5 Å². The smallest absolute Gasteiger partial charge is 0.261 e. The standard InChI is InChI=1S/C25H26ClN7O3S/c1-31(2)12-5-11-27-24(35)19-14-18(32-13-4-3-6-23(32)34)7-8-20(19)33-16-17(29-30-33)15-28-25(36)21-9-10-22(26)37-21/h3-4,6-10,13-14,16H,5,11-12,15H2,1-2H3,(H,27,35)(H,28,36). The van der Waals surface area contributed by atoms with Crippen LogP contribution < -0.4 is 16.2 Å². The zero-order valence-electron chi connectivity index (χ0n) is 20.3. The lowest BCUT2D eigenvalue weighted by Gasteiger charge is -2.14. The molecule has 0 saturated heterocycles. The van der Waals surface area contributed by atoms with E-state index in [0.717, 1.165) is 13.0 Å². The Bertz CT molecular complexity index is 1460. The van der Waals surface area contributed by atoms with Gasteiger partial charge in [0.05, 0.1) is 33.2 Å². The fourth-order valence-corrected chi connectivity index (χ4v) is 4.54. The minimum Gasteiger partial charge on any atom is -0.352 e. The molecule has 0 atom stereocenters. The van der Waals surface area contributed by atoms with Gasteiger partial charge in [0.2, 0.25) is 0 Å². The predicted octanol–water partition coefficient (Wildman–Crippen LogP) is 2.74. The lowest BCUT2D eigenvalue weighted by molar-refractivity contribution is 0.0945. The molecule has 0 fully saturated rings. The third-order valence-corrected chi connectivity index (χ3v) is 6.64. The summed E-state index contributed by atoms with van der Waals surface area (Å²) in [6.07, 6.45) is 4.08. The molecule has 192 valence electrons. The second kappa shape index (κ2) is 12.0. The van der Waals surface area contributed by atoms with Crippen LogP contribution in [0.25, 0.3) is 11.4 Å². The maximum atomic E-state index is 13.2. The van der Waals surface area contributed by atoms with Gasteiger partial charge in [-0.1, -0.05) is 22.9 Å². The van der Waals surface area contributed by atoms with Crippen LogP contribution in [-0.2, 0) is 6.54 Å². The summed E-state index contributed by atoms with van der Waals surface area (Å²) in [5.41, 5.74) is 1.69. The third kappa shape index (κ3) is 6.70. The first-order valence-electron chi connectivity index (χ1n) is 11.5. The van der Waals surface area contributed by atoms with Gasteiger partial charge in [-0.25, -0.2) is 4.68 Å². The molecule has 1 aromatic carbocycles. The summed E-state index contributed by atoms with van der Waals surface area (Å²) in [6, 6.07) is 13.3. The van der Waals surface area contributed by atoms with Gasteiger partial charge in [-0.3, -0.25) is 19.0 Å². The number of nitrogens with zero attached hydrogens (tertiary/aromatic N) is 5. The van der Waals surface area contributed by atoms with Crippen molar-refractivity contribution in [2.75, 3.05) is 27.2 Å². The van der Waals surface area contributed by atoms with Crippen molar-refractivity contribution in [1.82, 2.24) is 35.1 Å². The lowest BCUT2D eigenvalue weighted by atomic mass is 10.1. The third-order valence-electron chi connectivity index (χ3n) is 5.41. The van der Waals surface area contributed by atoms with Gasteiger partial charge in [0.25, 0.3) is 17.4 Å². The number of halogens is 1. The molecule has 0 saturated carbocycles. The summed E-state index contributed by atoms with van der Waals surface area (Å²) in [5.74, 6) is -0.554. The Morgan fingerprint density at radius 1 is 1.08 bits per heavy atom. The van der Waals surface area contributed by atoms with E-state index in [9.17, 15) is 14.4 Å². The molecule has 10 nitrogen and oxygen atoms in total. The topological polar surface area (TPSA) is 114 Å². The van der Waals surface area contributed by atoms with Crippen LogP contribution in [0.1, 0.15) is 32.1 Å². The summed E-state index contributed by atoms with van der Waals surface area (Å²) in [6.45, 7) is 1.48. The van der Waals surface area contributed by atoms with Gasteiger partial charge in [0.1, 0.15) is 5.69 Å². The van der Waals surface area contributed by atoms with Crippen LogP contribution in [0.2, 0.25) is 4.34 Å². The molecule has 0 bridgehead atoms. The fourth-order valence-electron chi connectivity index (χ4n) is 3.58. The van der Waals surface area contributed by atoms with Crippen molar-refractivity contribution in [3.8, 4) is 11.4 Å². The molecule has 3 heterocycles. The second-order valence-electron chi connectivity index (χ2n) is 8.46. The average molecular weight is 540 g/mol. The molecule has 4 rings (SSSR count). The molecular weight excluding hydrogens is 514 g/mol. The van der Waals surface area contributed by atoms with Gasteiger partial charge >= 0.3 is 0 Å². The van der Waals surface area contributed by atoms with Gasteiger partial charge < -0.3 is 15.5 Å². The van der Waals surface area contributed by atoms with Gasteiger partial charge in [-0.2, -0.15) is 0 Å². The van der Waals surface area contributed by atoms with E-state index in [1.54, 1.807) is 54.9 Å². The summed E-state index contributed by atoms with van der Waals surface area (Å²) in [5, 5.41) is 14.0. The van der Waals surface area contributed by atoms with Crippen LogP contribution in [0.15, 0.2) is 65.7 Å². The highest BCUT2D eigenvalue weighted by atomic mass is 35.5. The second-order valence-corrected chi connectivity index (χ2v) is 10.2. The zero-order chi connectivity index (χ0) is 26.4. The monoisotopic (exact) mass is 539 g/mol. The Morgan fingerprint density at radius 3 is 2.65 bits per heavy atom. The average Bonchev–Trinajstić information content (AvgIpc) is 3.54. The Balaban J connectivity index is 1.57. The molecule has 2 N–H and O–H groups in total. The molecule has 3 aromatic heterocycles. The van der Waals surface area contributed by atoms with E-state index in [2.05, 4.69) is 20.9 Å². The Morgan fingerprint density at radius 2 is 1.92 bits per heavy atom. The van der Waals surface area contributed by atoms with Crippen LogP contribution >= 0.6 is 22.9 Å². The molecule has 12 heteroatoms. The van der Waals surface area contributed by atoms with Crippen molar-refractivity contribution in [2.45, 2.75) is 13.0 Å². The number of hydrogen-bond donors (Lipinski definition) is 2.